The third-order valence-electron chi connectivity index (χ3n) is 0.620. The molecule has 0 aromatic carbocycles. The molecule has 0 bridgehead atoms. The zero-order valence-electron chi connectivity index (χ0n) is 5.60. The number of carbonyl (C=O) groups is 1. The van der Waals surface area contributed by atoms with Gasteiger partial charge in [0.05, 0.1) is 6.61 Å². The van der Waals surface area contributed by atoms with Crippen LogP contribution in [0, 0.1) is 0 Å². The molecule has 0 atom stereocenters. The average Bonchev–Trinajstić information content (AvgIpc) is 1.61. The van der Waals surface area contributed by atoms with Crippen molar-refractivity contribution in [2.24, 2.45) is 0 Å². The predicted molar refractivity (Wildman–Crippen MR) is 35.5 cm³/mol. The van der Waals surface area contributed by atoms with E-state index in [4.69, 9.17) is 4.43 Å². The lowest BCUT2D eigenvalue weighted by Crippen LogP contribution is -2.13. The molecule has 0 aliphatic carbocycles. The van der Waals surface area contributed by atoms with Gasteiger partial charge in [-0.2, -0.15) is 0 Å². The van der Waals surface area contributed by atoms with Crippen molar-refractivity contribution in [2.45, 2.75) is 20.0 Å². The van der Waals surface area contributed by atoms with Crippen molar-refractivity contribution in [1.29, 1.82) is 0 Å². The maximum atomic E-state index is 10.2. The molecular formula is C5H12O2Si. The molecule has 0 aliphatic heterocycles. The Hall–Kier alpha value is -0.153. The van der Waals surface area contributed by atoms with Gasteiger partial charge >= 0.3 is 0 Å². The minimum Gasteiger partial charge on any atom is -0.413 e. The minimum absolute atomic E-state index is 0.117. The van der Waals surface area contributed by atoms with E-state index in [9.17, 15) is 4.79 Å². The highest BCUT2D eigenvalue weighted by Gasteiger charge is 1.96. The molecule has 0 fully saturated rings. The van der Waals surface area contributed by atoms with Gasteiger partial charge in [-0.05, 0) is 20.0 Å². The molecular weight excluding hydrogens is 120 g/mol. The first kappa shape index (κ1) is 7.85. The molecule has 0 unspecified atom stereocenters. The molecule has 8 heavy (non-hydrogen) atoms. The van der Waals surface area contributed by atoms with E-state index in [1.54, 1.807) is 0 Å². The molecule has 0 saturated carbocycles. The third-order valence-corrected chi connectivity index (χ3v) is 1.45. The lowest BCUT2D eigenvalue weighted by Gasteiger charge is -2.01. The molecule has 3 heteroatoms. The Labute approximate surface area is 51.6 Å². The first-order chi connectivity index (χ1) is 3.63. The summed E-state index contributed by atoms with van der Waals surface area (Å²) in [5, 5.41) is 0. The normalized spacial score (nSPS) is 10.0. The van der Waals surface area contributed by atoms with Crippen LogP contribution >= 0.6 is 0 Å². The highest BCUT2D eigenvalue weighted by molar-refractivity contribution is 6.48. The molecule has 0 amide bonds. The van der Waals surface area contributed by atoms with Gasteiger partial charge in [-0.1, -0.05) is 0 Å². The summed E-state index contributed by atoms with van der Waals surface area (Å²) < 4.78 is 5.09. The zero-order valence-corrected chi connectivity index (χ0v) is 6.76. The van der Waals surface area contributed by atoms with Crippen LogP contribution in [0.4, 0.5) is 0 Å². The SMILES string of the molecule is CC(=O)CO[SiH](C)C. The first-order valence-corrected chi connectivity index (χ1v) is 5.52. The number of carbonyl (C=O) groups excluding carboxylic acids is 1. The molecule has 0 heterocycles. The number of hydrogen-bond acceptors (Lipinski definition) is 2. The van der Waals surface area contributed by atoms with Crippen molar-refractivity contribution >= 4 is 14.8 Å². The van der Waals surface area contributed by atoms with Crippen LogP contribution in [0.25, 0.3) is 0 Å². The van der Waals surface area contributed by atoms with Gasteiger partial charge in [-0.3, -0.25) is 4.79 Å². The van der Waals surface area contributed by atoms with Gasteiger partial charge in [0.2, 0.25) is 0 Å². The Kier molecular flexibility index (Phi) is 3.73. The predicted octanol–water partition coefficient (Wildman–Crippen LogP) is 0.575. The van der Waals surface area contributed by atoms with Gasteiger partial charge in [0.15, 0.2) is 14.8 Å². The fourth-order valence-corrected chi connectivity index (χ4v) is 0.852. The van der Waals surface area contributed by atoms with Crippen LogP contribution in [0.15, 0.2) is 0 Å². The molecule has 0 aromatic rings. The van der Waals surface area contributed by atoms with E-state index >= 15 is 0 Å². The molecule has 48 valence electrons. The number of ketones is 1. The highest BCUT2D eigenvalue weighted by atomic mass is 28.3. The van der Waals surface area contributed by atoms with Gasteiger partial charge in [-0.25, -0.2) is 0 Å². The van der Waals surface area contributed by atoms with Crippen molar-refractivity contribution < 1.29 is 9.22 Å². The Bertz CT molecular complexity index is 80.5. The Morgan fingerprint density at radius 2 is 2.12 bits per heavy atom. The molecule has 0 radical (unpaired) electrons. The van der Waals surface area contributed by atoms with Crippen LogP contribution in [0.1, 0.15) is 6.92 Å². The maximum absolute atomic E-state index is 10.2. The first-order valence-electron chi connectivity index (χ1n) is 2.74. The van der Waals surface area contributed by atoms with Crippen LogP contribution in [0.2, 0.25) is 13.1 Å². The largest absolute Gasteiger partial charge is 0.413 e. The second kappa shape index (κ2) is 3.80. The summed E-state index contributed by atoms with van der Waals surface area (Å²) in [6, 6.07) is 0. The van der Waals surface area contributed by atoms with E-state index in [1.807, 2.05) is 13.1 Å². The van der Waals surface area contributed by atoms with E-state index in [2.05, 4.69) is 0 Å². The highest BCUT2D eigenvalue weighted by Crippen LogP contribution is 1.82. The molecule has 0 saturated heterocycles. The average molecular weight is 132 g/mol. The van der Waals surface area contributed by atoms with Crippen LogP contribution < -0.4 is 0 Å². The topological polar surface area (TPSA) is 26.3 Å². The lowest BCUT2D eigenvalue weighted by atomic mass is 10.5. The summed E-state index contributed by atoms with van der Waals surface area (Å²) in [4.78, 5) is 10.2. The van der Waals surface area contributed by atoms with Crippen molar-refractivity contribution in [3.63, 3.8) is 0 Å². The van der Waals surface area contributed by atoms with Crippen molar-refractivity contribution in [2.75, 3.05) is 6.61 Å². The maximum Gasteiger partial charge on any atom is 0.171 e. The Morgan fingerprint density at radius 3 is 2.25 bits per heavy atom. The monoisotopic (exact) mass is 132 g/mol. The summed E-state index contributed by atoms with van der Waals surface area (Å²) in [5.41, 5.74) is 0. The fourth-order valence-electron chi connectivity index (χ4n) is 0.284. The molecule has 2 nitrogen and oxygen atoms in total. The van der Waals surface area contributed by atoms with E-state index in [1.165, 1.54) is 6.92 Å². The van der Waals surface area contributed by atoms with Crippen molar-refractivity contribution in [1.82, 2.24) is 0 Å². The zero-order chi connectivity index (χ0) is 6.57. The smallest absolute Gasteiger partial charge is 0.171 e. The lowest BCUT2D eigenvalue weighted by molar-refractivity contribution is -0.119. The Morgan fingerprint density at radius 1 is 1.62 bits per heavy atom. The molecule has 0 aromatic heterocycles. The summed E-state index contributed by atoms with van der Waals surface area (Å²) >= 11 is 0. The molecule has 0 aliphatic rings. The van der Waals surface area contributed by atoms with Crippen LogP contribution in [-0.4, -0.2) is 21.4 Å². The van der Waals surface area contributed by atoms with Crippen LogP contribution in [0.3, 0.4) is 0 Å². The summed E-state index contributed by atoms with van der Waals surface area (Å²) in [5.74, 6) is 0.117. The summed E-state index contributed by atoms with van der Waals surface area (Å²) in [6.07, 6.45) is 0. The van der Waals surface area contributed by atoms with Gasteiger partial charge in [-0.15, -0.1) is 0 Å². The number of rotatable bonds is 3. The summed E-state index contributed by atoms with van der Waals surface area (Å²) in [7, 11) is -0.947. The van der Waals surface area contributed by atoms with E-state index < -0.39 is 9.04 Å². The number of hydrogen-bond donors (Lipinski definition) is 0. The van der Waals surface area contributed by atoms with Gasteiger partial charge < -0.3 is 4.43 Å². The standard InChI is InChI=1S/C5H12O2Si/c1-5(6)4-7-8(2)3/h8H,4H2,1-3H3. The fraction of sp³-hybridized carbons (Fsp3) is 0.800. The van der Waals surface area contributed by atoms with E-state index in [-0.39, 0.29) is 5.78 Å². The van der Waals surface area contributed by atoms with Crippen LogP contribution in [0.5, 0.6) is 0 Å². The summed E-state index contributed by atoms with van der Waals surface area (Å²) in [6.45, 7) is 5.94. The van der Waals surface area contributed by atoms with Crippen molar-refractivity contribution in [3.05, 3.63) is 0 Å². The Balaban J connectivity index is 3.05. The number of Topliss-reactive ketones (excluding diaryl/α,β-unsaturated/α-hetero) is 1. The van der Waals surface area contributed by atoms with E-state index in [0.29, 0.717) is 6.61 Å². The second-order valence-electron chi connectivity index (χ2n) is 2.06. The van der Waals surface area contributed by atoms with Gasteiger partial charge in [0.1, 0.15) is 0 Å². The minimum atomic E-state index is -0.947. The second-order valence-corrected chi connectivity index (χ2v) is 4.49. The molecule has 0 rings (SSSR count). The molecule has 0 N–H and O–H groups in total. The van der Waals surface area contributed by atoms with Crippen LogP contribution in [-0.2, 0) is 9.22 Å². The van der Waals surface area contributed by atoms with Crippen molar-refractivity contribution in [3.8, 4) is 0 Å². The van der Waals surface area contributed by atoms with E-state index in [0.717, 1.165) is 0 Å². The quantitative estimate of drug-likeness (QED) is 0.525. The van der Waals surface area contributed by atoms with Gasteiger partial charge in [0.25, 0.3) is 0 Å². The molecule has 0 spiro atoms. The third kappa shape index (κ3) is 5.85. The van der Waals surface area contributed by atoms with Gasteiger partial charge in [0, 0.05) is 0 Å².